The summed E-state index contributed by atoms with van der Waals surface area (Å²) in [6.45, 7) is 2.45. The van der Waals surface area contributed by atoms with Gasteiger partial charge in [0.25, 0.3) is 0 Å². The molecule has 1 fully saturated rings. The van der Waals surface area contributed by atoms with Gasteiger partial charge in [-0.2, -0.15) is 0 Å². The summed E-state index contributed by atoms with van der Waals surface area (Å²) in [6.07, 6.45) is 3.42. The van der Waals surface area contributed by atoms with Gasteiger partial charge in [-0.15, -0.1) is 10.2 Å². The van der Waals surface area contributed by atoms with Crippen molar-refractivity contribution in [1.29, 1.82) is 0 Å². The maximum atomic E-state index is 12.8. The molecule has 10 nitrogen and oxygen atoms in total. The third-order valence-electron chi connectivity index (χ3n) is 5.14. The highest BCUT2D eigenvalue weighted by atomic mass is 16.5. The number of ether oxygens (including phenoxy) is 2. The first-order valence-corrected chi connectivity index (χ1v) is 10.2. The fourth-order valence-corrected chi connectivity index (χ4v) is 3.39. The van der Waals surface area contributed by atoms with Crippen LogP contribution in [0.1, 0.15) is 0 Å². The van der Waals surface area contributed by atoms with Crippen molar-refractivity contribution in [2.24, 2.45) is 0 Å². The van der Waals surface area contributed by atoms with Gasteiger partial charge >= 0.3 is 6.03 Å². The predicted octanol–water partition coefficient (Wildman–Crippen LogP) is 2.99. The van der Waals surface area contributed by atoms with Gasteiger partial charge in [0.2, 0.25) is 0 Å². The topological polar surface area (TPSA) is 105 Å². The first-order chi connectivity index (χ1) is 15.7. The van der Waals surface area contributed by atoms with E-state index in [-0.39, 0.29) is 6.03 Å². The molecule has 2 N–H and O–H groups in total. The fraction of sp³-hybridized carbons (Fsp3) is 0.273. The Morgan fingerprint density at radius 3 is 2.38 bits per heavy atom. The zero-order chi connectivity index (χ0) is 22.3. The summed E-state index contributed by atoms with van der Waals surface area (Å²) in [5, 5.41) is 14.7. The Balaban J connectivity index is 1.32. The number of pyridine rings is 1. The Bertz CT molecular complexity index is 1040. The summed E-state index contributed by atoms with van der Waals surface area (Å²) >= 11 is 0. The van der Waals surface area contributed by atoms with Crippen LogP contribution >= 0.6 is 0 Å². The lowest BCUT2D eigenvalue weighted by atomic mass is 10.2. The van der Waals surface area contributed by atoms with Crippen molar-refractivity contribution < 1.29 is 14.3 Å². The number of aromatic nitrogens is 3. The van der Waals surface area contributed by atoms with E-state index in [1.54, 1.807) is 49.7 Å². The van der Waals surface area contributed by atoms with Crippen LogP contribution in [-0.2, 0) is 0 Å². The lowest BCUT2D eigenvalue weighted by Crippen LogP contribution is -2.50. The van der Waals surface area contributed by atoms with Crippen LogP contribution in [0.4, 0.5) is 27.8 Å². The van der Waals surface area contributed by atoms with Crippen LogP contribution in [0.3, 0.4) is 0 Å². The highest BCUT2D eigenvalue weighted by Gasteiger charge is 2.23. The summed E-state index contributed by atoms with van der Waals surface area (Å²) < 4.78 is 10.6. The number of hydrogen-bond acceptors (Lipinski definition) is 8. The molecule has 0 spiro atoms. The summed E-state index contributed by atoms with van der Waals surface area (Å²) in [5.41, 5.74) is 1.47. The molecule has 0 unspecified atom stereocenters. The standard InChI is InChI=1S/C22H25N7O3/c1-31-17-3-4-19(32-2)18(15-17)25-22(30)29-13-11-28(12-14-29)21-6-5-20(26-27-21)24-16-7-9-23-10-8-16/h3-10,15H,11-14H2,1-2H3,(H,25,30)(H,23,24,26). The number of anilines is 4. The second-order valence-corrected chi connectivity index (χ2v) is 7.11. The van der Waals surface area contributed by atoms with E-state index in [0.717, 1.165) is 11.5 Å². The third kappa shape index (κ3) is 4.97. The van der Waals surface area contributed by atoms with Gasteiger partial charge in [0.15, 0.2) is 11.6 Å². The van der Waals surface area contributed by atoms with Crippen molar-refractivity contribution in [3.05, 3.63) is 54.9 Å². The molecule has 1 aliphatic rings. The average Bonchev–Trinajstić information content (AvgIpc) is 2.85. The van der Waals surface area contributed by atoms with Crippen molar-refractivity contribution in [2.45, 2.75) is 0 Å². The molecular weight excluding hydrogens is 410 g/mol. The minimum absolute atomic E-state index is 0.181. The number of amides is 2. The van der Waals surface area contributed by atoms with Gasteiger partial charge in [0, 0.05) is 50.3 Å². The zero-order valence-electron chi connectivity index (χ0n) is 18.0. The maximum Gasteiger partial charge on any atom is 0.322 e. The van der Waals surface area contributed by atoms with E-state index in [9.17, 15) is 4.79 Å². The molecule has 1 aromatic carbocycles. The number of carbonyl (C=O) groups is 1. The quantitative estimate of drug-likeness (QED) is 0.609. The van der Waals surface area contributed by atoms with Gasteiger partial charge in [-0.3, -0.25) is 4.98 Å². The van der Waals surface area contributed by atoms with E-state index in [0.29, 0.717) is 49.2 Å². The predicted molar refractivity (Wildman–Crippen MR) is 122 cm³/mol. The summed E-state index contributed by atoms with van der Waals surface area (Å²) in [6, 6.07) is 12.6. The van der Waals surface area contributed by atoms with Crippen molar-refractivity contribution in [2.75, 3.05) is 55.9 Å². The van der Waals surface area contributed by atoms with Crippen LogP contribution in [0.25, 0.3) is 0 Å². The highest BCUT2D eigenvalue weighted by Crippen LogP contribution is 2.29. The maximum absolute atomic E-state index is 12.8. The van der Waals surface area contributed by atoms with Crippen molar-refractivity contribution in [3.63, 3.8) is 0 Å². The Kier molecular flexibility index (Phi) is 6.49. The highest BCUT2D eigenvalue weighted by molar-refractivity contribution is 5.91. The SMILES string of the molecule is COc1ccc(OC)c(NC(=O)N2CCN(c3ccc(Nc4ccncc4)nn3)CC2)c1. The molecule has 0 radical (unpaired) electrons. The number of nitrogens with zero attached hydrogens (tertiary/aromatic N) is 5. The number of benzene rings is 1. The smallest absolute Gasteiger partial charge is 0.322 e. The fourth-order valence-electron chi connectivity index (χ4n) is 3.39. The molecule has 2 amide bonds. The van der Waals surface area contributed by atoms with Crippen LogP contribution < -0.4 is 25.0 Å². The minimum Gasteiger partial charge on any atom is -0.497 e. The van der Waals surface area contributed by atoms with Crippen LogP contribution in [0.15, 0.2) is 54.9 Å². The number of hydrogen-bond donors (Lipinski definition) is 2. The minimum atomic E-state index is -0.181. The second kappa shape index (κ2) is 9.82. The normalized spacial score (nSPS) is 13.4. The molecule has 1 saturated heterocycles. The summed E-state index contributed by atoms with van der Waals surface area (Å²) in [4.78, 5) is 20.6. The van der Waals surface area contributed by atoms with Gasteiger partial charge in [-0.1, -0.05) is 0 Å². The largest absolute Gasteiger partial charge is 0.497 e. The molecule has 32 heavy (non-hydrogen) atoms. The van der Waals surface area contributed by atoms with Gasteiger partial charge < -0.3 is 29.9 Å². The van der Waals surface area contributed by atoms with Gasteiger partial charge in [-0.25, -0.2) is 4.79 Å². The lowest BCUT2D eigenvalue weighted by Gasteiger charge is -2.35. The van der Waals surface area contributed by atoms with E-state index in [1.807, 2.05) is 24.3 Å². The van der Waals surface area contributed by atoms with Gasteiger partial charge in [-0.05, 0) is 36.4 Å². The van der Waals surface area contributed by atoms with Crippen LogP contribution in [-0.4, -0.2) is 66.5 Å². The summed E-state index contributed by atoms with van der Waals surface area (Å²) in [7, 11) is 3.15. The van der Waals surface area contributed by atoms with Crippen LogP contribution in [0.2, 0.25) is 0 Å². The Labute approximate surface area is 186 Å². The molecule has 166 valence electrons. The number of rotatable bonds is 6. The number of methoxy groups -OCH3 is 2. The van der Waals surface area contributed by atoms with Gasteiger partial charge in [0.1, 0.15) is 11.5 Å². The van der Waals surface area contributed by atoms with E-state index in [1.165, 1.54) is 0 Å². The number of carbonyl (C=O) groups excluding carboxylic acids is 1. The number of piperazine rings is 1. The second-order valence-electron chi connectivity index (χ2n) is 7.11. The Morgan fingerprint density at radius 1 is 0.938 bits per heavy atom. The van der Waals surface area contributed by atoms with Crippen molar-refractivity contribution in [1.82, 2.24) is 20.1 Å². The van der Waals surface area contributed by atoms with Crippen molar-refractivity contribution >= 4 is 29.0 Å². The molecule has 4 rings (SSSR count). The number of urea groups is 1. The molecule has 3 aromatic rings. The average molecular weight is 435 g/mol. The first-order valence-electron chi connectivity index (χ1n) is 10.2. The molecule has 0 saturated carbocycles. The molecule has 0 atom stereocenters. The van der Waals surface area contributed by atoms with E-state index in [2.05, 4.69) is 30.7 Å². The first kappa shape index (κ1) is 21.2. The van der Waals surface area contributed by atoms with Gasteiger partial charge in [0.05, 0.1) is 19.9 Å². The molecule has 0 bridgehead atoms. The zero-order valence-corrected chi connectivity index (χ0v) is 18.0. The monoisotopic (exact) mass is 435 g/mol. The van der Waals surface area contributed by atoms with E-state index < -0.39 is 0 Å². The molecule has 0 aliphatic carbocycles. The summed E-state index contributed by atoms with van der Waals surface area (Å²) in [5.74, 6) is 2.66. The van der Waals surface area contributed by atoms with E-state index >= 15 is 0 Å². The molecular formula is C22H25N7O3. The molecule has 10 heteroatoms. The third-order valence-corrected chi connectivity index (χ3v) is 5.14. The Morgan fingerprint density at radius 2 is 1.72 bits per heavy atom. The van der Waals surface area contributed by atoms with Crippen LogP contribution in [0.5, 0.6) is 11.5 Å². The number of nitrogens with one attached hydrogen (secondary N) is 2. The van der Waals surface area contributed by atoms with Crippen molar-refractivity contribution in [3.8, 4) is 11.5 Å². The molecule has 3 heterocycles. The molecule has 1 aliphatic heterocycles. The molecule has 2 aromatic heterocycles. The Hall–Kier alpha value is -4.08. The van der Waals surface area contributed by atoms with Crippen LogP contribution in [0, 0.1) is 0 Å². The lowest BCUT2D eigenvalue weighted by molar-refractivity contribution is 0.208. The van der Waals surface area contributed by atoms with E-state index in [4.69, 9.17) is 9.47 Å².